The zero-order valence-electron chi connectivity index (χ0n) is 10.5. The molecule has 17 heavy (non-hydrogen) atoms. The first kappa shape index (κ1) is 12.3. The van der Waals surface area contributed by atoms with E-state index in [-0.39, 0.29) is 11.7 Å². The van der Waals surface area contributed by atoms with Gasteiger partial charge in [0.2, 0.25) is 0 Å². The van der Waals surface area contributed by atoms with Gasteiger partial charge in [0.25, 0.3) is 0 Å². The van der Waals surface area contributed by atoms with Gasteiger partial charge in [-0.05, 0) is 55.4 Å². The van der Waals surface area contributed by atoms with E-state index in [4.69, 9.17) is 0 Å². The molecule has 2 heteroatoms. The Morgan fingerprint density at radius 2 is 2.18 bits per heavy atom. The topological polar surface area (TPSA) is 17.1 Å². The van der Waals surface area contributed by atoms with Gasteiger partial charge in [0.15, 0.2) is 0 Å². The molecule has 0 aliphatic heterocycles. The maximum atomic E-state index is 13.2. The van der Waals surface area contributed by atoms with Gasteiger partial charge in [0, 0.05) is 12.3 Å². The summed E-state index contributed by atoms with van der Waals surface area (Å²) in [5.41, 5.74) is 2.06. The van der Waals surface area contributed by atoms with Crippen LogP contribution in [0.3, 0.4) is 0 Å². The van der Waals surface area contributed by atoms with E-state index < -0.39 is 0 Å². The van der Waals surface area contributed by atoms with Crippen molar-refractivity contribution in [3.8, 4) is 0 Å². The van der Waals surface area contributed by atoms with E-state index in [1.54, 1.807) is 12.1 Å². The number of benzene rings is 1. The van der Waals surface area contributed by atoms with Crippen molar-refractivity contribution in [2.75, 3.05) is 0 Å². The van der Waals surface area contributed by atoms with Gasteiger partial charge in [0.1, 0.15) is 11.6 Å². The fourth-order valence-corrected chi connectivity index (χ4v) is 2.65. The monoisotopic (exact) mass is 234 g/mol. The first-order chi connectivity index (χ1) is 8.06. The minimum absolute atomic E-state index is 0.0965. The first-order valence-corrected chi connectivity index (χ1v) is 6.34. The largest absolute Gasteiger partial charge is 0.299 e. The Hall–Kier alpha value is -1.18. The summed E-state index contributed by atoms with van der Waals surface area (Å²) in [5, 5.41) is 0. The molecule has 92 valence electrons. The number of Topliss-reactive ketones (excluding diaryl/α,β-unsaturated/α-hetero) is 1. The van der Waals surface area contributed by atoms with E-state index in [9.17, 15) is 9.18 Å². The zero-order valence-corrected chi connectivity index (χ0v) is 10.5. The predicted molar refractivity (Wildman–Crippen MR) is 66.4 cm³/mol. The molecule has 2 unspecified atom stereocenters. The third-order valence-electron chi connectivity index (χ3n) is 3.80. The molecule has 0 spiro atoms. The molecule has 1 aliphatic rings. The summed E-state index contributed by atoms with van der Waals surface area (Å²) in [4.78, 5) is 11.8. The molecule has 0 amide bonds. The summed E-state index contributed by atoms with van der Waals surface area (Å²) in [5.74, 6) is 0.861. The minimum Gasteiger partial charge on any atom is -0.299 e. The molecule has 0 N–H and O–H groups in total. The van der Waals surface area contributed by atoms with Crippen LogP contribution in [0.4, 0.5) is 4.39 Å². The lowest BCUT2D eigenvalue weighted by molar-refractivity contribution is -0.125. The van der Waals surface area contributed by atoms with Gasteiger partial charge in [-0.1, -0.05) is 13.0 Å². The molecule has 0 heterocycles. The summed E-state index contributed by atoms with van der Waals surface area (Å²) < 4.78 is 13.2. The molecule has 1 aliphatic carbocycles. The fraction of sp³-hybridized carbons (Fsp3) is 0.533. The summed E-state index contributed by atoms with van der Waals surface area (Å²) >= 11 is 0. The van der Waals surface area contributed by atoms with E-state index >= 15 is 0 Å². The zero-order chi connectivity index (χ0) is 12.4. The van der Waals surface area contributed by atoms with Crippen LogP contribution in [-0.2, 0) is 11.2 Å². The van der Waals surface area contributed by atoms with Crippen molar-refractivity contribution >= 4 is 5.78 Å². The van der Waals surface area contributed by atoms with Crippen LogP contribution in [0.15, 0.2) is 18.2 Å². The van der Waals surface area contributed by atoms with Crippen molar-refractivity contribution < 1.29 is 9.18 Å². The average Bonchev–Trinajstić information content (AvgIpc) is 2.28. The predicted octanol–water partition coefficient (Wildman–Crippen LogP) is 3.68. The number of aryl methyl sites for hydroxylation is 1. The maximum Gasteiger partial charge on any atom is 0.136 e. The third-order valence-corrected chi connectivity index (χ3v) is 3.80. The van der Waals surface area contributed by atoms with Crippen LogP contribution >= 0.6 is 0 Å². The summed E-state index contributed by atoms with van der Waals surface area (Å²) in [6.07, 6.45) is 3.36. The minimum atomic E-state index is -0.207. The van der Waals surface area contributed by atoms with Gasteiger partial charge in [-0.3, -0.25) is 4.79 Å². The van der Waals surface area contributed by atoms with Gasteiger partial charge >= 0.3 is 0 Å². The van der Waals surface area contributed by atoms with E-state index in [0.717, 1.165) is 24.0 Å². The molecule has 1 aromatic rings. The summed E-state index contributed by atoms with van der Waals surface area (Å²) in [6.45, 7) is 4.17. The molecule has 1 saturated carbocycles. The highest BCUT2D eigenvalue weighted by atomic mass is 19.1. The molecule has 2 atom stereocenters. The number of halogens is 1. The van der Waals surface area contributed by atoms with Crippen molar-refractivity contribution in [3.05, 3.63) is 35.1 Å². The number of ketones is 1. The third kappa shape index (κ3) is 2.93. The second-order valence-corrected chi connectivity index (χ2v) is 5.32. The van der Waals surface area contributed by atoms with Gasteiger partial charge in [-0.15, -0.1) is 0 Å². The molecular weight excluding hydrogens is 215 g/mol. The highest BCUT2D eigenvalue weighted by Crippen LogP contribution is 2.29. The van der Waals surface area contributed by atoms with Crippen molar-refractivity contribution in [1.29, 1.82) is 0 Å². The van der Waals surface area contributed by atoms with Crippen LogP contribution in [0.2, 0.25) is 0 Å². The smallest absolute Gasteiger partial charge is 0.136 e. The molecule has 1 fully saturated rings. The molecule has 0 aromatic heterocycles. The van der Waals surface area contributed by atoms with Crippen LogP contribution in [0, 0.1) is 24.6 Å². The Bertz CT molecular complexity index is 425. The normalized spacial score (nSPS) is 25.0. The van der Waals surface area contributed by atoms with Crippen LogP contribution in [-0.4, -0.2) is 5.78 Å². The van der Waals surface area contributed by atoms with Crippen LogP contribution in [0.25, 0.3) is 0 Å². The summed E-state index contributed by atoms with van der Waals surface area (Å²) in [7, 11) is 0. The van der Waals surface area contributed by atoms with Gasteiger partial charge < -0.3 is 0 Å². The number of rotatable bonds is 2. The Morgan fingerprint density at radius 3 is 2.94 bits per heavy atom. The highest BCUT2D eigenvalue weighted by molar-refractivity contribution is 5.82. The Balaban J connectivity index is 2.14. The Kier molecular flexibility index (Phi) is 3.60. The number of carbonyl (C=O) groups is 1. The van der Waals surface area contributed by atoms with Crippen LogP contribution in [0.1, 0.15) is 37.3 Å². The quantitative estimate of drug-likeness (QED) is 0.763. The standard InChI is InChI=1S/C15H19FO/c1-10-3-6-15(17)13(7-10)8-12-9-14(16)5-4-11(12)2/h4-5,9-10,13H,3,6-8H2,1-2H3. The SMILES string of the molecule is Cc1ccc(F)cc1CC1CC(C)CCC1=O. The molecular formula is C15H19FO. The first-order valence-electron chi connectivity index (χ1n) is 6.34. The molecule has 0 saturated heterocycles. The van der Waals surface area contributed by atoms with Crippen molar-refractivity contribution in [3.63, 3.8) is 0 Å². The van der Waals surface area contributed by atoms with Crippen LogP contribution in [0.5, 0.6) is 0 Å². The van der Waals surface area contributed by atoms with Gasteiger partial charge in [-0.25, -0.2) is 4.39 Å². The van der Waals surface area contributed by atoms with Crippen LogP contribution < -0.4 is 0 Å². The molecule has 0 bridgehead atoms. The lowest BCUT2D eigenvalue weighted by atomic mass is 9.78. The Morgan fingerprint density at radius 1 is 1.41 bits per heavy atom. The molecule has 1 aromatic carbocycles. The highest BCUT2D eigenvalue weighted by Gasteiger charge is 2.26. The second kappa shape index (κ2) is 4.99. The average molecular weight is 234 g/mol. The fourth-order valence-electron chi connectivity index (χ4n) is 2.65. The van der Waals surface area contributed by atoms with E-state index in [2.05, 4.69) is 6.92 Å². The van der Waals surface area contributed by atoms with E-state index in [0.29, 0.717) is 24.5 Å². The van der Waals surface area contributed by atoms with Gasteiger partial charge in [0.05, 0.1) is 0 Å². The molecule has 0 radical (unpaired) electrons. The lowest BCUT2D eigenvalue weighted by Gasteiger charge is -2.26. The Labute approximate surface area is 102 Å². The maximum absolute atomic E-state index is 13.2. The number of hydrogen-bond donors (Lipinski definition) is 0. The van der Waals surface area contributed by atoms with Crippen molar-refractivity contribution in [1.82, 2.24) is 0 Å². The van der Waals surface area contributed by atoms with Gasteiger partial charge in [-0.2, -0.15) is 0 Å². The van der Waals surface area contributed by atoms with Crippen molar-refractivity contribution in [2.24, 2.45) is 11.8 Å². The molecule has 2 rings (SSSR count). The lowest BCUT2D eigenvalue weighted by Crippen LogP contribution is -2.25. The number of hydrogen-bond acceptors (Lipinski definition) is 1. The van der Waals surface area contributed by atoms with E-state index in [1.165, 1.54) is 6.07 Å². The molecule has 1 nitrogen and oxygen atoms in total. The second-order valence-electron chi connectivity index (χ2n) is 5.32. The van der Waals surface area contributed by atoms with Crippen molar-refractivity contribution in [2.45, 2.75) is 39.5 Å². The summed E-state index contributed by atoms with van der Waals surface area (Å²) in [6, 6.07) is 4.84. The van der Waals surface area contributed by atoms with E-state index in [1.807, 2.05) is 6.92 Å². The number of carbonyl (C=O) groups excluding carboxylic acids is 1.